The highest BCUT2D eigenvalue weighted by atomic mass is 35.5. The van der Waals surface area contributed by atoms with E-state index < -0.39 is 5.82 Å². The highest BCUT2D eigenvalue weighted by Crippen LogP contribution is 2.48. The molecule has 2 aliphatic rings. The molecule has 2 nitrogen and oxygen atoms in total. The van der Waals surface area contributed by atoms with Gasteiger partial charge in [0.15, 0.2) is 5.78 Å². The number of hydrogen-bond donors (Lipinski definition) is 1. The minimum absolute atomic E-state index is 0.105. The zero-order valence-electron chi connectivity index (χ0n) is 9.90. The van der Waals surface area contributed by atoms with Crippen LogP contribution in [0.4, 0.5) is 4.39 Å². The lowest BCUT2D eigenvalue weighted by Crippen LogP contribution is -2.40. The number of nitrogens with two attached hydrogens (primary N) is 1. The Morgan fingerprint density at radius 3 is 2.67 bits per heavy atom. The molecule has 0 aliphatic heterocycles. The van der Waals surface area contributed by atoms with Gasteiger partial charge in [-0.2, -0.15) is 0 Å². The van der Waals surface area contributed by atoms with Crippen LogP contribution >= 0.6 is 11.6 Å². The van der Waals surface area contributed by atoms with E-state index in [1.165, 1.54) is 12.1 Å². The highest BCUT2D eigenvalue weighted by Gasteiger charge is 2.49. The molecule has 0 heterocycles. The number of hydrogen-bond acceptors (Lipinski definition) is 2. The van der Waals surface area contributed by atoms with Gasteiger partial charge in [0.1, 0.15) is 5.82 Å². The SMILES string of the molecule is NC1C2CCC(C2)C1C(=O)c1ccc(Cl)cc1F. The van der Waals surface area contributed by atoms with Crippen molar-refractivity contribution in [1.82, 2.24) is 0 Å². The summed E-state index contributed by atoms with van der Waals surface area (Å²) in [7, 11) is 0. The van der Waals surface area contributed by atoms with Crippen molar-refractivity contribution in [1.29, 1.82) is 0 Å². The second-order valence-corrected chi connectivity index (χ2v) is 5.86. The topological polar surface area (TPSA) is 43.1 Å². The van der Waals surface area contributed by atoms with Crippen LogP contribution < -0.4 is 5.73 Å². The van der Waals surface area contributed by atoms with Crippen LogP contribution in [0.25, 0.3) is 0 Å². The van der Waals surface area contributed by atoms with Gasteiger partial charge in [-0.15, -0.1) is 0 Å². The fraction of sp³-hybridized carbons (Fsp3) is 0.500. The van der Waals surface area contributed by atoms with Crippen LogP contribution in [0, 0.1) is 23.6 Å². The first-order valence-electron chi connectivity index (χ1n) is 6.33. The van der Waals surface area contributed by atoms with E-state index in [2.05, 4.69) is 0 Å². The van der Waals surface area contributed by atoms with Gasteiger partial charge in [-0.25, -0.2) is 4.39 Å². The molecule has 2 saturated carbocycles. The molecule has 4 unspecified atom stereocenters. The van der Waals surface area contributed by atoms with Crippen LogP contribution in [0.2, 0.25) is 5.02 Å². The number of rotatable bonds is 2. The average Bonchev–Trinajstić information content (AvgIpc) is 2.88. The molecule has 2 aliphatic carbocycles. The minimum atomic E-state index is -0.539. The van der Waals surface area contributed by atoms with Crippen molar-refractivity contribution < 1.29 is 9.18 Å². The third kappa shape index (κ3) is 1.77. The first-order valence-corrected chi connectivity index (χ1v) is 6.70. The fourth-order valence-electron chi connectivity index (χ4n) is 3.59. The maximum atomic E-state index is 13.8. The molecule has 4 heteroatoms. The second-order valence-electron chi connectivity index (χ2n) is 5.42. The molecule has 4 atom stereocenters. The molecule has 0 spiro atoms. The summed E-state index contributed by atoms with van der Waals surface area (Å²) in [5, 5.41) is 0.307. The molecule has 2 N–H and O–H groups in total. The molecule has 0 aromatic heterocycles. The summed E-state index contributed by atoms with van der Waals surface area (Å²) in [5.74, 6) is -0.113. The van der Waals surface area contributed by atoms with E-state index in [4.69, 9.17) is 17.3 Å². The molecule has 18 heavy (non-hydrogen) atoms. The second kappa shape index (κ2) is 4.32. The third-order valence-electron chi connectivity index (χ3n) is 4.48. The zero-order chi connectivity index (χ0) is 12.9. The number of benzene rings is 1. The maximum absolute atomic E-state index is 13.8. The Kier molecular flexibility index (Phi) is 2.91. The van der Waals surface area contributed by atoms with Crippen LogP contribution in [0.15, 0.2) is 18.2 Å². The summed E-state index contributed by atoms with van der Waals surface area (Å²) in [4.78, 5) is 12.4. The van der Waals surface area contributed by atoms with Gasteiger partial charge in [0.2, 0.25) is 0 Å². The third-order valence-corrected chi connectivity index (χ3v) is 4.72. The first-order chi connectivity index (χ1) is 8.58. The highest BCUT2D eigenvalue weighted by molar-refractivity contribution is 6.30. The van der Waals surface area contributed by atoms with Gasteiger partial charge in [-0.05, 0) is 49.3 Å². The van der Waals surface area contributed by atoms with Gasteiger partial charge in [0, 0.05) is 17.0 Å². The van der Waals surface area contributed by atoms with E-state index in [-0.39, 0.29) is 23.3 Å². The molecule has 2 bridgehead atoms. The van der Waals surface area contributed by atoms with Crippen molar-refractivity contribution in [2.24, 2.45) is 23.5 Å². The lowest BCUT2D eigenvalue weighted by molar-refractivity contribution is 0.0852. The average molecular weight is 268 g/mol. The predicted octanol–water partition coefficient (Wildman–Crippen LogP) is 3.04. The number of carbonyl (C=O) groups excluding carboxylic acids is 1. The summed E-state index contributed by atoms with van der Waals surface area (Å²) in [5.41, 5.74) is 6.24. The van der Waals surface area contributed by atoms with Crippen molar-refractivity contribution in [3.8, 4) is 0 Å². The Bertz CT molecular complexity index is 503. The van der Waals surface area contributed by atoms with Crippen LogP contribution in [0.1, 0.15) is 29.6 Å². The Morgan fingerprint density at radius 2 is 2.06 bits per heavy atom. The lowest BCUT2D eigenvalue weighted by atomic mass is 9.80. The molecule has 0 saturated heterocycles. The summed E-state index contributed by atoms with van der Waals surface area (Å²) in [6, 6.07) is 4.11. The van der Waals surface area contributed by atoms with Gasteiger partial charge >= 0.3 is 0 Å². The number of halogens is 2. The molecule has 3 rings (SSSR count). The minimum Gasteiger partial charge on any atom is -0.327 e. The summed E-state index contributed by atoms with van der Waals surface area (Å²) < 4.78 is 13.8. The zero-order valence-corrected chi connectivity index (χ0v) is 10.7. The fourth-order valence-corrected chi connectivity index (χ4v) is 3.75. The first kappa shape index (κ1) is 12.1. The monoisotopic (exact) mass is 267 g/mol. The van der Waals surface area contributed by atoms with Gasteiger partial charge in [0.25, 0.3) is 0 Å². The van der Waals surface area contributed by atoms with Gasteiger partial charge in [-0.3, -0.25) is 4.79 Å². The molecular weight excluding hydrogens is 253 g/mol. The molecule has 1 aromatic carbocycles. The van der Waals surface area contributed by atoms with Gasteiger partial charge in [-0.1, -0.05) is 11.6 Å². The molecule has 2 fully saturated rings. The van der Waals surface area contributed by atoms with E-state index in [1.54, 1.807) is 6.07 Å². The number of carbonyl (C=O) groups is 1. The van der Waals surface area contributed by atoms with Gasteiger partial charge < -0.3 is 5.73 Å². The molecular formula is C14H15ClFNO. The van der Waals surface area contributed by atoms with Crippen LogP contribution in [-0.4, -0.2) is 11.8 Å². The van der Waals surface area contributed by atoms with Crippen molar-refractivity contribution in [3.63, 3.8) is 0 Å². The Morgan fingerprint density at radius 1 is 1.33 bits per heavy atom. The van der Waals surface area contributed by atoms with E-state index in [0.717, 1.165) is 19.3 Å². The number of fused-ring (bicyclic) bond motifs is 2. The van der Waals surface area contributed by atoms with Crippen molar-refractivity contribution in [2.75, 3.05) is 0 Å². The predicted molar refractivity (Wildman–Crippen MR) is 68.0 cm³/mol. The Labute approximate surface area is 110 Å². The maximum Gasteiger partial charge on any atom is 0.170 e. The standard InChI is InChI=1S/C14H15ClFNO/c15-9-3-4-10(11(16)6-9)14(18)12-7-1-2-8(5-7)13(12)17/h3-4,6-8,12-13H,1-2,5,17H2. The van der Waals surface area contributed by atoms with Crippen molar-refractivity contribution >= 4 is 17.4 Å². The smallest absolute Gasteiger partial charge is 0.170 e. The van der Waals surface area contributed by atoms with E-state index in [0.29, 0.717) is 16.9 Å². The Balaban J connectivity index is 1.91. The lowest BCUT2D eigenvalue weighted by Gasteiger charge is -2.27. The van der Waals surface area contributed by atoms with E-state index in [9.17, 15) is 9.18 Å². The van der Waals surface area contributed by atoms with Crippen LogP contribution in [0.3, 0.4) is 0 Å². The Hall–Kier alpha value is -0.930. The van der Waals surface area contributed by atoms with Crippen molar-refractivity contribution in [2.45, 2.75) is 25.3 Å². The number of Topliss-reactive ketones (excluding diaryl/α,β-unsaturated/α-hetero) is 1. The normalized spacial score (nSPS) is 33.9. The van der Waals surface area contributed by atoms with Crippen molar-refractivity contribution in [3.05, 3.63) is 34.6 Å². The summed E-state index contributed by atoms with van der Waals surface area (Å²) in [6.45, 7) is 0. The van der Waals surface area contributed by atoms with Gasteiger partial charge in [0.05, 0.1) is 5.56 Å². The summed E-state index contributed by atoms with van der Waals surface area (Å²) >= 11 is 5.70. The molecule has 0 radical (unpaired) electrons. The van der Waals surface area contributed by atoms with Crippen LogP contribution in [0.5, 0.6) is 0 Å². The van der Waals surface area contributed by atoms with Crippen LogP contribution in [-0.2, 0) is 0 Å². The molecule has 1 aromatic rings. The van der Waals surface area contributed by atoms with E-state index in [1.807, 2.05) is 0 Å². The largest absolute Gasteiger partial charge is 0.327 e. The quantitative estimate of drug-likeness (QED) is 0.837. The molecule has 0 amide bonds. The molecule has 96 valence electrons. The van der Waals surface area contributed by atoms with E-state index >= 15 is 0 Å². The summed E-state index contributed by atoms with van der Waals surface area (Å²) in [6.07, 6.45) is 3.18. The number of ketones is 1.